The molecule has 1 rings (SSSR count). The van der Waals surface area contributed by atoms with Crippen LogP contribution in [0.2, 0.25) is 0 Å². The van der Waals surface area contributed by atoms with E-state index in [4.69, 9.17) is 5.26 Å². The van der Waals surface area contributed by atoms with E-state index in [9.17, 15) is 5.11 Å². The quantitative estimate of drug-likeness (QED) is 0.744. The van der Waals surface area contributed by atoms with Crippen molar-refractivity contribution in [2.75, 3.05) is 0 Å². The molecule has 68 valence electrons. The van der Waals surface area contributed by atoms with E-state index in [2.05, 4.69) is 4.98 Å². The van der Waals surface area contributed by atoms with Gasteiger partial charge in [0.05, 0.1) is 18.1 Å². The molecule has 0 aliphatic carbocycles. The van der Waals surface area contributed by atoms with Crippen LogP contribution in [0.3, 0.4) is 0 Å². The van der Waals surface area contributed by atoms with E-state index in [1.54, 1.807) is 19.3 Å². The van der Waals surface area contributed by atoms with Crippen LogP contribution in [0.5, 0.6) is 0 Å². The number of rotatable bonds is 2. The molecule has 1 N–H and O–H groups in total. The molecule has 0 amide bonds. The van der Waals surface area contributed by atoms with Crippen LogP contribution in [0.15, 0.2) is 18.5 Å². The third kappa shape index (κ3) is 2.04. The molecule has 0 aliphatic heterocycles. The van der Waals surface area contributed by atoms with Gasteiger partial charge >= 0.3 is 0 Å². The Morgan fingerprint density at radius 1 is 1.62 bits per heavy atom. The molecule has 2 atom stereocenters. The molecule has 0 bridgehead atoms. The summed E-state index contributed by atoms with van der Waals surface area (Å²) in [5, 5.41) is 18.3. The minimum absolute atomic E-state index is 0.400. The van der Waals surface area contributed by atoms with Crippen molar-refractivity contribution in [2.45, 2.75) is 20.0 Å². The van der Waals surface area contributed by atoms with Crippen molar-refractivity contribution < 1.29 is 5.11 Å². The lowest BCUT2D eigenvalue weighted by Gasteiger charge is -2.14. The summed E-state index contributed by atoms with van der Waals surface area (Å²) in [5.41, 5.74) is 1.70. The number of nitrogens with zero attached hydrogens (tertiary/aromatic N) is 2. The van der Waals surface area contributed by atoms with E-state index in [1.807, 2.05) is 19.1 Å². The summed E-state index contributed by atoms with van der Waals surface area (Å²) < 4.78 is 0. The van der Waals surface area contributed by atoms with Gasteiger partial charge in [-0.1, -0.05) is 0 Å². The fraction of sp³-hybridized carbons (Fsp3) is 0.400. The van der Waals surface area contributed by atoms with Crippen molar-refractivity contribution in [1.82, 2.24) is 4.98 Å². The van der Waals surface area contributed by atoms with E-state index in [1.165, 1.54) is 0 Å². The standard InChI is InChI=1S/C10H12N2O/c1-7-3-4-12-6-9(7)10(13)8(2)5-11/h3-4,6,8,10,13H,1-2H3. The molecule has 13 heavy (non-hydrogen) atoms. The molecule has 0 fully saturated rings. The summed E-state index contributed by atoms with van der Waals surface area (Å²) in [6, 6.07) is 3.83. The predicted molar refractivity (Wildman–Crippen MR) is 48.7 cm³/mol. The second kappa shape index (κ2) is 4.01. The average molecular weight is 176 g/mol. The van der Waals surface area contributed by atoms with Gasteiger partial charge in [0.1, 0.15) is 0 Å². The third-order valence-electron chi connectivity index (χ3n) is 2.08. The van der Waals surface area contributed by atoms with E-state index in [-0.39, 0.29) is 0 Å². The smallest absolute Gasteiger partial charge is 0.0962 e. The average Bonchev–Trinajstić information content (AvgIpc) is 2.16. The second-order valence-corrected chi connectivity index (χ2v) is 3.09. The van der Waals surface area contributed by atoms with Gasteiger partial charge in [0.2, 0.25) is 0 Å². The minimum Gasteiger partial charge on any atom is -0.387 e. The van der Waals surface area contributed by atoms with Crippen molar-refractivity contribution >= 4 is 0 Å². The van der Waals surface area contributed by atoms with Gasteiger partial charge in [-0.05, 0) is 25.5 Å². The number of pyridine rings is 1. The zero-order chi connectivity index (χ0) is 9.84. The van der Waals surface area contributed by atoms with Gasteiger partial charge in [0, 0.05) is 18.0 Å². The highest BCUT2D eigenvalue weighted by Gasteiger charge is 2.17. The zero-order valence-corrected chi connectivity index (χ0v) is 7.73. The molecule has 0 saturated carbocycles. The fourth-order valence-corrected chi connectivity index (χ4v) is 1.13. The van der Waals surface area contributed by atoms with Crippen LogP contribution in [0, 0.1) is 24.2 Å². The van der Waals surface area contributed by atoms with Crippen LogP contribution in [0.1, 0.15) is 24.2 Å². The Kier molecular flexibility index (Phi) is 2.99. The summed E-state index contributed by atoms with van der Waals surface area (Å²) in [4.78, 5) is 3.91. The Bertz CT molecular complexity index is 330. The first-order chi connectivity index (χ1) is 6.16. The number of aliphatic hydroxyl groups excluding tert-OH is 1. The first-order valence-corrected chi connectivity index (χ1v) is 4.15. The van der Waals surface area contributed by atoms with Gasteiger partial charge in [-0.25, -0.2) is 0 Å². The van der Waals surface area contributed by atoms with Gasteiger partial charge in [0.15, 0.2) is 0 Å². The molecule has 0 spiro atoms. The van der Waals surface area contributed by atoms with Crippen LogP contribution in [-0.2, 0) is 0 Å². The zero-order valence-electron chi connectivity index (χ0n) is 7.73. The van der Waals surface area contributed by atoms with Crippen molar-refractivity contribution in [3.63, 3.8) is 0 Å². The molecule has 1 heterocycles. The molecule has 0 aliphatic rings. The highest BCUT2D eigenvalue weighted by atomic mass is 16.3. The molecular weight excluding hydrogens is 164 g/mol. The SMILES string of the molecule is Cc1ccncc1C(O)C(C)C#N. The van der Waals surface area contributed by atoms with Gasteiger partial charge in [0.25, 0.3) is 0 Å². The highest BCUT2D eigenvalue weighted by molar-refractivity contribution is 5.25. The van der Waals surface area contributed by atoms with Gasteiger partial charge in [-0.2, -0.15) is 5.26 Å². The topological polar surface area (TPSA) is 56.9 Å². The molecule has 0 aromatic carbocycles. The molecular formula is C10H12N2O. The van der Waals surface area contributed by atoms with Crippen LogP contribution in [-0.4, -0.2) is 10.1 Å². The molecule has 0 radical (unpaired) electrons. The van der Waals surface area contributed by atoms with Crippen LogP contribution in [0.4, 0.5) is 0 Å². The van der Waals surface area contributed by atoms with E-state index >= 15 is 0 Å². The Labute approximate surface area is 77.7 Å². The summed E-state index contributed by atoms with van der Waals surface area (Å²) in [5.74, 6) is -0.400. The van der Waals surface area contributed by atoms with Crippen LogP contribution < -0.4 is 0 Å². The Morgan fingerprint density at radius 2 is 2.31 bits per heavy atom. The number of nitriles is 1. The molecule has 1 aromatic rings. The monoisotopic (exact) mass is 176 g/mol. The first kappa shape index (κ1) is 9.69. The van der Waals surface area contributed by atoms with Crippen LogP contribution in [0.25, 0.3) is 0 Å². The second-order valence-electron chi connectivity index (χ2n) is 3.09. The van der Waals surface area contributed by atoms with Gasteiger partial charge in [-0.15, -0.1) is 0 Å². The lowest BCUT2D eigenvalue weighted by molar-refractivity contribution is 0.141. The summed E-state index contributed by atoms with van der Waals surface area (Å²) in [6.07, 6.45) is 2.54. The van der Waals surface area contributed by atoms with Crippen molar-refractivity contribution in [2.24, 2.45) is 5.92 Å². The van der Waals surface area contributed by atoms with Gasteiger partial charge in [-0.3, -0.25) is 4.98 Å². The lowest BCUT2D eigenvalue weighted by atomic mass is 9.97. The molecule has 3 heteroatoms. The number of hydrogen-bond acceptors (Lipinski definition) is 3. The van der Waals surface area contributed by atoms with E-state index in [0.717, 1.165) is 11.1 Å². The highest BCUT2D eigenvalue weighted by Crippen LogP contribution is 2.22. The van der Waals surface area contributed by atoms with E-state index in [0.29, 0.717) is 0 Å². The molecule has 2 unspecified atom stereocenters. The Hall–Kier alpha value is -1.40. The summed E-state index contributed by atoms with van der Waals surface area (Å²) in [7, 11) is 0. The van der Waals surface area contributed by atoms with Crippen molar-refractivity contribution in [1.29, 1.82) is 5.26 Å². The Balaban J connectivity index is 2.96. The Morgan fingerprint density at radius 3 is 2.85 bits per heavy atom. The molecule has 3 nitrogen and oxygen atoms in total. The summed E-state index contributed by atoms with van der Waals surface area (Å²) >= 11 is 0. The number of aryl methyl sites for hydroxylation is 1. The fourth-order valence-electron chi connectivity index (χ4n) is 1.13. The number of hydrogen-bond donors (Lipinski definition) is 1. The molecule has 0 saturated heterocycles. The maximum atomic E-state index is 9.71. The predicted octanol–water partition coefficient (Wildman–Crippen LogP) is 1.58. The van der Waals surface area contributed by atoms with Crippen molar-refractivity contribution in [3.8, 4) is 6.07 Å². The maximum absolute atomic E-state index is 9.71. The normalized spacial score (nSPS) is 14.6. The number of aliphatic hydroxyl groups is 1. The van der Waals surface area contributed by atoms with Crippen molar-refractivity contribution in [3.05, 3.63) is 29.6 Å². The van der Waals surface area contributed by atoms with Crippen LogP contribution >= 0.6 is 0 Å². The third-order valence-corrected chi connectivity index (χ3v) is 2.08. The van der Waals surface area contributed by atoms with Gasteiger partial charge < -0.3 is 5.11 Å². The van der Waals surface area contributed by atoms with E-state index < -0.39 is 12.0 Å². The lowest BCUT2D eigenvalue weighted by Crippen LogP contribution is -2.08. The number of aromatic nitrogens is 1. The maximum Gasteiger partial charge on any atom is 0.0962 e. The summed E-state index contributed by atoms with van der Waals surface area (Å²) in [6.45, 7) is 3.58. The first-order valence-electron chi connectivity index (χ1n) is 4.15. The molecule has 1 aromatic heterocycles. The largest absolute Gasteiger partial charge is 0.387 e. The minimum atomic E-state index is -0.737.